The topological polar surface area (TPSA) is 58.2 Å². The van der Waals surface area contributed by atoms with Crippen LogP contribution in [-0.2, 0) is 0 Å². The summed E-state index contributed by atoms with van der Waals surface area (Å²) < 4.78 is 0. The van der Waals surface area contributed by atoms with Gasteiger partial charge >= 0.3 is 0 Å². The van der Waals surface area contributed by atoms with Crippen LogP contribution < -0.4 is 10.6 Å². The van der Waals surface area contributed by atoms with E-state index in [1.54, 1.807) is 36.4 Å². The molecule has 25 heavy (non-hydrogen) atoms. The lowest BCUT2D eigenvalue weighted by Gasteiger charge is -2.12. The van der Waals surface area contributed by atoms with Gasteiger partial charge in [-0.2, -0.15) is 0 Å². The van der Waals surface area contributed by atoms with Crippen molar-refractivity contribution in [2.45, 2.75) is 38.6 Å². The molecule has 0 bridgehead atoms. The molecule has 0 unspecified atom stereocenters. The van der Waals surface area contributed by atoms with Crippen molar-refractivity contribution < 1.29 is 9.59 Å². The summed E-state index contributed by atoms with van der Waals surface area (Å²) in [4.78, 5) is 24.6. The van der Waals surface area contributed by atoms with Crippen LogP contribution in [0.3, 0.4) is 0 Å². The lowest BCUT2D eigenvalue weighted by atomic mass is 10.1. The lowest BCUT2D eigenvalue weighted by Crippen LogP contribution is -2.32. The Morgan fingerprint density at radius 1 is 0.960 bits per heavy atom. The van der Waals surface area contributed by atoms with Gasteiger partial charge in [-0.1, -0.05) is 30.5 Å². The number of aryl methyl sites for hydroxylation is 1. The summed E-state index contributed by atoms with van der Waals surface area (Å²) in [5, 5.41) is 6.46. The van der Waals surface area contributed by atoms with Crippen molar-refractivity contribution >= 4 is 29.1 Å². The third kappa shape index (κ3) is 4.40. The molecule has 0 radical (unpaired) electrons. The Bertz CT molecular complexity index is 781. The summed E-state index contributed by atoms with van der Waals surface area (Å²) in [7, 11) is 0. The molecule has 0 aromatic heterocycles. The minimum atomic E-state index is -0.229. The number of hydrogen-bond acceptors (Lipinski definition) is 2. The average molecular weight is 357 g/mol. The Morgan fingerprint density at radius 2 is 1.56 bits per heavy atom. The van der Waals surface area contributed by atoms with E-state index in [1.807, 2.05) is 13.0 Å². The van der Waals surface area contributed by atoms with E-state index in [2.05, 4.69) is 10.6 Å². The first-order valence-electron chi connectivity index (χ1n) is 8.51. The van der Waals surface area contributed by atoms with E-state index in [0.29, 0.717) is 21.8 Å². The van der Waals surface area contributed by atoms with Crippen LogP contribution in [0.15, 0.2) is 42.5 Å². The van der Waals surface area contributed by atoms with Crippen molar-refractivity contribution in [3.05, 3.63) is 64.2 Å². The molecule has 0 spiro atoms. The third-order valence-electron chi connectivity index (χ3n) is 4.55. The van der Waals surface area contributed by atoms with Gasteiger partial charge in [0.05, 0.1) is 0 Å². The molecular weight excluding hydrogens is 336 g/mol. The highest BCUT2D eigenvalue weighted by Gasteiger charge is 2.18. The first-order chi connectivity index (χ1) is 12.0. The van der Waals surface area contributed by atoms with E-state index in [0.717, 1.165) is 18.4 Å². The normalized spacial score (nSPS) is 14.3. The summed E-state index contributed by atoms with van der Waals surface area (Å²) >= 11 is 5.98. The average Bonchev–Trinajstić information content (AvgIpc) is 3.11. The fraction of sp³-hybridized carbons (Fsp3) is 0.300. The van der Waals surface area contributed by atoms with Crippen LogP contribution in [0.5, 0.6) is 0 Å². The van der Waals surface area contributed by atoms with Gasteiger partial charge in [-0.25, -0.2) is 0 Å². The van der Waals surface area contributed by atoms with Crippen molar-refractivity contribution in [1.82, 2.24) is 5.32 Å². The molecule has 2 aromatic carbocycles. The van der Waals surface area contributed by atoms with E-state index in [4.69, 9.17) is 11.6 Å². The van der Waals surface area contributed by atoms with Gasteiger partial charge in [-0.15, -0.1) is 0 Å². The summed E-state index contributed by atoms with van der Waals surface area (Å²) in [6, 6.07) is 12.3. The van der Waals surface area contributed by atoms with Gasteiger partial charge < -0.3 is 10.6 Å². The molecule has 0 heterocycles. The highest BCUT2D eigenvalue weighted by Crippen LogP contribution is 2.21. The Morgan fingerprint density at radius 3 is 2.20 bits per heavy atom. The van der Waals surface area contributed by atoms with Gasteiger partial charge in [0, 0.05) is 27.9 Å². The molecule has 3 rings (SSSR count). The number of hydrogen-bond donors (Lipinski definition) is 2. The Kier molecular flexibility index (Phi) is 5.39. The Balaban J connectivity index is 1.65. The standard InChI is InChI=1S/C20H21ClN2O2/c1-13-6-11-16(21)12-18(13)23-20(25)15-9-7-14(8-10-15)19(24)22-17-4-2-3-5-17/h6-12,17H,2-5H2,1H3,(H,22,24)(H,23,25). The van der Waals surface area contributed by atoms with Crippen molar-refractivity contribution in [1.29, 1.82) is 0 Å². The number of anilines is 1. The lowest BCUT2D eigenvalue weighted by molar-refractivity contribution is 0.0936. The largest absolute Gasteiger partial charge is 0.349 e. The second-order valence-electron chi connectivity index (χ2n) is 6.45. The zero-order chi connectivity index (χ0) is 17.8. The van der Waals surface area contributed by atoms with Crippen molar-refractivity contribution in [2.75, 3.05) is 5.32 Å². The zero-order valence-electron chi connectivity index (χ0n) is 14.1. The summed E-state index contributed by atoms with van der Waals surface area (Å²) in [5.41, 5.74) is 2.69. The van der Waals surface area contributed by atoms with Gasteiger partial charge in [0.15, 0.2) is 0 Å². The second kappa shape index (κ2) is 7.70. The zero-order valence-corrected chi connectivity index (χ0v) is 14.9. The first kappa shape index (κ1) is 17.5. The maximum absolute atomic E-state index is 12.4. The van der Waals surface area contributed by atoms with E-state index in [9.17, 15) is 9.59 Å². The van der Waals surface area contributed by atoms with Gasteiger partial charge in [-0.3, -0.25) is 9.59 Å². The van der Waals surface area contributed by atoms with Crippen LogP contribution >= 0.6 is 11.6 Å². The number of carbonyl (C=O) groups is 2. The number of halogens is 1. The van der Waals surface area contributed by atoms with Crippen LogP contribution in [0.25, 0.3) is 0 Å². The molecule has 1 fully saturated rings. The number of nitrogens with one attached hydrogen (secondary N) is 2. The fourth-order valence-electron chi connectivity index (χ4n) is 3.04. The molecule has 2 N–H and O–H groups in total. The Labute approximate surface area is 152 Å². The van der Waals surface area contributed by atoms with Gasteiger partial charge in [-0.05, 0) is 61.7 Å². The Hall–Kier alpha value is -2.33. The van der Waals surface area contributed by atoms with E-state index < -0.39 is 0 Å². The minimum absolute atomic E-state index is 0.0791. The quantitative estimate of drug-likeness (QED) is 0.842. The SMILES string of the molecule is Cc1ccc(Cl)cc1NC(=O)c1ccc(C(=O)NC2CCCC2)cc1. The molecule has 1 saturated carbocycles. The van der Waals surface area contributed by atoms with E-state index >= 15 is 0 Å². The van der Waals surface area contributed by atoms with Gasteiger partial charge in [0.1, 0.15) is 0 Å². The molecule has 4 nitrogen and oxygen atoms in total. The van der Waals surface area contributed by atoms with Gasteiger partial charge in [0.2, 0.25) is 0 Å². The van der Waals surface area contributed by atoms with Crippen LogP contribution in [0.1, 0.15) is 52.0 Å². The smallest absolute Gasteiger partial charge is 0.255 e. The van der Waals surface area contributed by atoms with Crippen molar-refractivity contribution in [3.8, 4) is 0 Å². The predicted molar refractivity (Wildman–Crippen MR) is 100 cm³/mol. The summed E-state index contributed by atoms with van der Waals surface area (Å²) in [5.74, 6) is -0.308. The highest BCUT2D eigenvalue weighted by atomic mass is 35.5. The number of carbonyl (C=O) groups excluding carboxylic acids is 2. The molecule has 5 heteroatoms. The predicted octanol–water partition coefficient (Wildman–Crippen LogP) is 4.57. The highest BCUT2D eigenvalue weighted by molar-refractivity contribution is 6.31. The number of amides is 2. The van der Waals surface area contributed by atoms with Crippen LogP contribution in [0.4, 0.5) is 5.69 Å². The molecule has 0 saturated heterocycles. The summed E-state index contributed by atoms with van der Waals surface area (Å²) in [6.45, 7) is 1.91. The van der Waals surface area contributed by atoms with Crippen LogP contribution in [0.2, 0.25) is 5.02 Å². The molecule has 0 atom stereocenters. The third-order valence-corrected chi connectivity index (χ3v) is 4.78. The molecule has 130 valence electrons. The van der Waals surface area contributed by atoms with Crippen LogP contribution in [0, 0.1) is 6.92 Å². The minimum Gasteiger partial charge on any atom is -0.349 e. The number of rotatable bonds is 4. The molecule has 1 aliphatic rings. The van der Waals surface area contributed by atoms with E-state index in [-0.39, 0.29) is 17.9 Å². The first-order valence-corrected chi connectivity index (χ1v) is 8.89. The monoisotopic (exact) mass is 356 g/mol. The molecule has 1 aliphatic carbocycles. The maximum Gasteiger partial charge on any atom is 0.255 e. The fourth-order valence-corrected chi connectivity index (χ4v) is 3.21. The van der Waals surface area contributed by atoms with Crippen molar-refractivity contribution in [3.63, 3.8) is 0 Å². The summed E-state index contributed by atoms with van der Waals surface area (Å²) in [6.07, 6.45) is 4.44. The molecule has 2 amide bonds. The molecule has 2 aromatic rings. The molecular formula is C20H21ClN2O2. The number of benzene rings is 2. The molecule has 0 aliphatic heterocycles. The van der Waals surface area contributed by atoms with E-state index in [1.165, 1.54) is 12.8 Å². The van der Waals surface area contributed by atoms with Crippen molar-refractivity contribution in [2.24, 2.45) is 0 Å². The van der Waals surface area contributed by atoms with Gasteiger partial charge in [0.25, 0.3) is 11.8 Å². The maximum atomic E-state index is 12.4. The van der Waals surface area contributed by atoms with Crippen LogP contribution in [-0.4, -0.2) is 17.9 Å². The second-order valence-corrected chi connectivity index (χ2v) is 6.88.